The summed E-state index contributed by atoms with van der Waals surface area (Å²) in [6.45, 7) is 4.24. The molecule has 1 N–H and O–H groups in total. The average Bonchev–Trinajstić information content (AvgIpc) is 3.70. The van der Waals surface area contributed by atoms with Crippen LogP contribution < -0.4 is 19.1 Å². The van der Waals surface area contributed by atoms with E-state index in [1.165, 1.54) is 7.11 Å². The number of hydrogen-bond acceptors (Lipinski definition) is 8. The molecule has 2 saturated heterocycles. The van der Waals surface area contributed by atoms with Gasteiger partial charge in [0.25, 0.3) is 0 Å². The minimum Gasteiger partial charge on any atom is -0.493 e. The molecule has 3 aliphatic heterocycles. The highest BCUT2D eigenvalue weighted by Gasteiger charge is 2.48. The van der Waals surface area contributed by atoms with Crippen LogP contribution in [-0.2, 0) is 14.4 Å². The fourth-order valence-corrected chi connectivity index (χ4v) is 6.27. The van der Waals surface area contributed by atoms with Gasteiger partial charge in [0.2, 0.25) is 24.4 Å². The first-order valence-corrected chi connectivity index (χ1v) is 14.3. The number of fused-ring (bicyclic) bond motifs is 1. The fraction of sp³-hybridized carbons (Fsp3) is 0.533. The first-order valence-electron chi connectivity index (χ1n) is 14.3. The molecule has 0 spiro atoms. The zero-order chi connectivity index (χ0) is 28.9. The number of carboxylic acids is 1. The molecular weight excluding hydrogens is 528 g/mol. The van der Waals surface area contributed by atoms with Gasteiger partial charge in [-0.05, 0) is 49.1 Å². The molecule has 1 aromatic carbocycles. The molecule has 0 aliphatic carbocycles. The average molecular weight is 567 g/mol. The maximum absolute atomic E-state index is 13.8. The van der Waals surface area contributed by atoms with Gasteiger partial charge in [0.05, 0.1) is 31.5 Å². The number of unbranched alkanes of at least 4 members (excludes halogenated alkanes) is 1. The lowest BCUT2D eigenvalue weighted by atomic mass is 9.84. The standard InChI is InChI=1S/C30H38N4O7/c1-3-4-12-34(21-7-5-10-31-16-21)27(36)18-33-17-22(20-14-24(39-2)29-25(15-20)40-19-41-29)28(30(37)38)23(33)9-13-32-11-6-8-26(32)35/h5,7,10,14-16,22-23,28H,3-4,6,8-9,11-13,17-19H2,1-2H3,(H,37,38)/t22-,23+,28?/m1/s1. The first kappa shape index (κ1) is 28.7. The lowest BCUT2D eigenvalue weighted by molar-refractivity contribution is -0.143. The number of anilines is 1. The van der Waals surface area contributed by atoms with E-state index in [0.29, 0.717) is 56.3 Å². The molecule has 0 saturated carbocycles. The number of carbonyl (C=O) groups excluding carboxylic acids is 2. The Kier molecular flexibility index (Phi) is 8.92. The highest BCUT2D eigenvalue weighted by atomic mass is 16.7. The van der Waals surface area contributed by atoms with Crippen LogP contribution in [0.15, 0.2) is 36.7 Å². The maximum Gasteiger partial charge on any atom is 0.308 e. The molecular formula is C30H38N4O7. The number of hydrogen-bond donors (Lipinski definition) is 1. The monoisotopic (exact) mass is 566 g/mol. The molecule has 4 heterocycles. The second-order valence-electron chi connectivity index (χ2n) is 10.8. The number of amides is 2. The number of likely N-dealkylation sites (tertiary alicyclic amines) is 2. The summed E-state index contributed by atoms with van der Waals surface area (Å²) in [5.41, 5.74) is 1.47. The predicted octanol–water partition coefficient (Wildman–Crippen LogP) is 3.13. The minimum atomic E-state index is -0.936. The molecule has 41 heavy (non-hydrogen) atoms. The molecule has 2 aromatic rings. The summed E-state index contributed by atoms with van der Waals surface area (Å²) in [5, 5.41) is 10.5. The smallest absolute Gasteiger partial charge is 0.308 e. The van der Waals surface area contributed by atoms with E-state index in [4.69, 9.17) is 14.2 Å². The van der Waals surface area contributed by atoms with Crippen LogP contribution >= 0.6 is 0 Å². The quantitative estimate of drug-likeness (QED) is 0.413. The number of carboxylic acid groups (broad SMARTS) is 1. The summed E-state index contributed by atoms with van der Waals surface area (Å²) in [4.78, 5) is 48.8. The Morgan fingerprint density at radius 3 is 2.80 bits per heavy atom. The molecule has 3 atom stereocenters. The number of rotatable bonds is 12. The molecule has 3 aliphatic rings. The third-order valence-electron chi connectivity index (χ3n) is 8.34. The number of methoxy groups -OCH3 is 1. The van der Waals surface area contributed by atoms with Crippen LogP contribution in [0.25, 0.3) is 0 Å². The lowest BCUT2D eigenvalue weighted by Gasteiger charge is -2.30. The normalized spacial score (nSPS) is 21.9. The molecule has 2 fully saturated rings. The van der Waals surface area contributed by atoms with E-state index in [1.807, 2.05) is 23.1 Å². The van der Waals surface area contributed by atoms with Crippen LogP contribution in [-0.4, -0.2) is 90.3 Å². The van der Waals surface area contributed by atoms with Crippen LogP contribution in [0.2, 0.25) is 0 Å². The Morgan fingerprint density at radius 2 is 2.12 bits per heavy atom. The van der Waals surface area contributed by atoms with Gasteiger partial charge < -0.3 is 29.1 Å². The van der Waals surface area contributed by atoms with Gasteiger partial charge in [-0.2, -0.15) is 0 Å². The number of aromatic nitrogens is 1. The largest absolute Gasteiger partial charge is 0.493 e. The van der Waals surface area contributed by atoms with Crippen molar-refractivity contribution in [3.05, 3.63) is 42.2 Å². The number of carbonyl (C=O) groups is 3. The van der Waals surface area contributed by atoms with Crippen LogP contribution in [0.4, 0.5) is 5.69 Å². The van der Waals surface area contributed by atoms with E-state index in [9.17, 15) is 19.5 Å². The summed E-state index contributed by atoms with van der Waals surface area (Å²) in [6, 6.07) is 6.85. The summed E-state index contributed by atoms with van der Waals surface area (Å²) in [6.07, 6.45) is 6.89. The zero-order valence-electron chi connectivity index (χ0n) is 23.7. The predicted molar refractivity (Wildman–Crippen MR) is 150 cm³/mol. The number of benzene rings is 1. The second-order valence-corrected chi connectivity index (χ2v) is 10.8. The van der Waals surface area contributed by atoms with Crippen LogP contribution in [0, 0.1) is 5.92 Å². The number of aliphatic carboxylic acids is 1. The van der Waals surface area contributed by atoms with E-state index >= 15 is 0 Å². The van der Waals surface area contributed by atoms with Crippen molar-refractivity contribution < 1.29 is 33.7 Å². The molecule has 1 unspecified atom stereocenters. The highest BCUT2D eigenvalue weighted by Crippen LogP contribution is 2.47. The van der Waals surface area contributed by atoms with Gasteiger partial charge >= 0.3 is 5.97 Å². The molecule has 0 bridgehead atoms. The van der Waals surface area contributed by atoms with Gasteiger partial charge in [-0.3, -0.25) is 24.3 Å². The molecule has 11 nitrogen and oxygen atoms in total. The van der Waals surface area contributed by atoms with E-state index in [-0.39, 0.29) is 25.2 Å². The van der Waals surface area contributed by atoms with Crippen molar-refractivity contribution in [3.8, 4) is 17.2 Å². The van der Waals surface area contributed by atoms with E-state index in [2.05, 4.69) is 11.9 Å². The Balaban J connectivity index is 1.45. The minimum absolute atomic E-state index is 0.0548. The second kappa shape index (κ2) is 12.8. The number of nitrogens with zero attached hydrogens (tertiary/aromatic N) is 4. The maximum atomic E-state index is 13.8. The van der Waals surface area contributed by atoms with Crippen LogP contribution in [0.5, 0.6) is 17.2 Å². The molecule has 220 valence electrons. The first-order chi connectivity index (χ1) is 19.9. The SMILES string of the molecule is CCCCN(C(=O)CN1C[C@H](c2cc(OC)c3c(c2)OCO3)C(C(=O)O)[C@@H]1CCN1CCCC1=O)c1cccnc1. The molecule has 11 heteroatoms. The van der Waals surface area contributed by atoms with Crippen molar-refractivity contribution in [2.24, 2.45) is 5.92 Å². The Hall–Kier alpha value is -3.86. The van der Waals surface area contributed by atoms with Gasteiger partial charge in [-0.25, -0.2) is 0 Å². The van der Waals surface area contributed by atoms with Crippen LogP contribution in [0.1, 0.15) is 50.5 Å². The Labute approximate surface area is 240 Å². The van der Waals surface area contributed by atoms with Crippen molar-refractivity contribution in [2.45, 2.75) is 51.0 Å². The summed E-state index contributed by atoms with van der Waals surface area (Å²) in [7, 11) is 1.54. The van der Waals surface area contributed by atoms with E-state index < -0.39 is 23.8 Å². The Bertz CT molecular complexity index is 1260. The third-order valence-corrected chi connectivity index (χ3v) is 8.34. The van der Waals surface area contributed by atoms with Gasteiger partial charge in [0.1, 0.15) is 0 Å². The zero-order valence-corrected chi connectivity index (χ0v) is 23.7. The van der Waals surface area contributed by atoms with Crippen molar-refractivity contribution in [2.75, 3.05) is 51.5 Å². The van der Waals surface area contributed by atoms with Gasteiger partial charge in [-0.15, -0.1) is 0 Å². The van der Waals surface area contributed by atoms with Crippen LogP contribution in [0.3, 0.4) is 0 Å². The highest BCUT2D eigenvalue weighted by molar-refractivity contribution is 5.94. The summed E-state index contributed by atoms with van der Waals surface area (Å²) in [5.74, 6) is -0.679. The summed E-state index contributed by atoms with van der Waals surface area (Å²) < 4.78 is 16.7. The van der Waals surface area contributed by atoms with Crippen molar-refractivity contribution in [3.63, 3.8) is 0 Å². The van der Waals surface area contributed by atoms with Gasteiger partial charge in [-0.1, -0.05) is 13.3 Å². The van der Waals surface area contributed by atoms with Crippen molar-refractivity contribution in [1.29, 1.82) is 0 Å². The van der Waals surface area contributed by atoms with E-state index in [1.54, 1.807) is 28.3 Å². The number of ether oxygens (including phenoxy) is 3. The molecule has 0 radical (unpaired) electrons. The summed E-state index contributed by atoms with van der Waals surface area (Å²) >= 11 is 0. The fourth-order valence-electron chi connectivity index (χ4n) is 6.27. The van der Waals surface area contributed by atoms with Crippen molar-refractivity contribution in [1.82, 2.24) is 14.8 Å². The van der Waals surface area contributed by atoms with Gasteiger partial charge in [0, 0.05) is 50.8 Å². The van der Waals surface area contributed by atoms with Gasteiger partial charge in [0.15, 0.2) is 11.5 Å². The molecule has 1 aromatic heterocycles. The topological polar surface area (TPSA) is 122 Å². The Morgan fingerprint density at radius 1 is 1.27 bits per heavy atom. The van der Waals surface area contributed by atoms with E-state index in [0.717, 1.165) is 30.5 Å². The third kappa shape index (κ3) is 6.09. The molecule has 2 amide bonds. The van der Waals surface area contributed by atoms with Crippen molar-refractivity contribution >= 4 is 23.5 Å². The lowest BCUT2D eigenvalue weighted by Crippen LogP contribution is -2.45. The molecule has 5 rings (SSSR count). The number of pyridine rings is 1.